The zero-order valence-corrected chi connectivity index (χ0v) is 78.8. The first-order chi connectivity index (χ1) is 63.4. The van der Waals surface area contributed by atoms with Gasteiger partial charge in [-0.25, -0.2) is 54.8 Å². The van der Waals surface area contributed by atoms with E-state index >= 15 is 0 Å². The van der Waals surface area contributed by atoms with Crippen molar-refractivity contribution < 1.29 is 0 Å². The van der Waals surface area contributed by atoms with Gasteiger partial charge in [-0.15, -0.1) is 0 Å². The number of aromatic nitrogens is 23. The minimum absolute atomic E-state index is 0.309. The molecular formula is C102H131N27. The number of aromatic amines is 3. The Morgan fingerprint density at radius 3 is 0.907 bits per heavy atom. The summed E-state index contributed by atoms with van der Waals surface area (Å²) in [7, 11) is 7.58. The van der Waals surface area contributed by atoms with Crippen LogP contribution in [0.1, 0.15) is 227 Å². The SMILES string of the molecule is CC.CC.CC.CC.CC.CC.CC.CC.Cn1nc(C2CCc3ccccc32)c2ncnc(N)c21.Cn1nc(C2CCc3ccccc32)c2ncnc(N)c21.Cn1nc(C2CCc3ccccc32)c2ncnc(N)c21.Cn1nc(C2CCc3ccccc32)c2ncnc(N)c21.c1ccc2[nH]ccc2c1.c1ccc2[nH]ncc2c1.c1cnc2[nH]ccc2c1.c1cncnc1. The smallest absolute Gasteiger partial charge is 0.153 e. The highest BCUT2D eigenvalue weighted by Crippen LogP contribution is 2.44. The lowest BCUT2D eigenvalue weighted by atomic mass is 9.97. The van der Waals surface area contributed by atoms with Crippen LogP contribution in [0.2, 0.25) is 0 Å². The highest BCUT2D eigenvalue weighted by Gasteiger charge is 2.33. The predicted molar refractivity (Wildman–Crippen MR) is 533 cm³/mol. The van der Waals surface area contributed by atoms with Gasteiger partial charge in [-0.3, -0.25) is 23.8 Å². The molecular weight excluding hydrogens is 1600 g/mol. The lowest BCUT2D eigenvalue weighted by Crippen LogP contribution is -1.99. The minimum atomic E-state index is 0.309. The number of hydrogen-bond donors (Lipinski definition) is 7. The van der Waals surface area contributed by atoms with Crippen LogP contribution in [0, 0.1) is 0 Å². The van der Waals surface area contributed by atoms with Gasteiger partial charge >= 0.3 is 0 Å². The molecule has 4 aliphatic carbocycles. The Morgan fingerprint density at radius 2 is 0.589 bits per heavy atom. The molecule has 0 fully saturated rings. The first-order valence-electron chi connectivity index (χ1n) is 45.4. The summed E-state index contributed by atoms with van der Waals surface area (Å²) in [4.78, 5) is 51.4. The summed E-state index contributed by atoms with van der Waals surface area (Å²) in [5, 5.41) is 29.0. The number of nitrogens with one attached hydrogen (secondary N) is 3. The molecule has 0 saturated heterocycles. The first kappa shape index (κ1) is 99.9. The number of benzene rings is 6. The summed E-state index contributed by atoms with van der Waals surface area (Å²) in [5.74, 6) is 3.19. The molecule has 0 spiro atoms. The van der Waals surface area contributed by atoms with E-state index in [4.69, 9.17) is 22.9 Å². The molecule has 0 radical (unpaired) electrons. The fourth-order valence-electron chi connectivity index (χ4n) is 15.9. The number of rotatable bonds is 4. The van der Waals surface area contributed by atoms with Crippen molar-refractivity contribution in [2.45, 2.75) is 186 Å². The van der Waals surface area contributed by atoms with Gasteiger partial charge in [-0.1, -0.05) is 244 Å². The summed E-state index contributed by atoms with van der Waals surface area (Å²) in [5.41, 5.74) is 49.1. The summed E-state index contributed by atoms with van der Waals surface area (Å²) >= 11 is 0. The summed E-state index contributed by atoms with van der Waals surface area (Å²) in [6.07, 6.45) is 27.1. The number of nitrogen functional groups attached to an aromatic ring is 4. The highest BCUT2D eigenvalue weighted by atomic mass is 15.3. The van der Waals surface area contributed by atoms with E-state index in [1.54, 1.807) is 43.4 Å². The molecule has 4 unspecified atom stereocenters. The summed E-state index contributed by atoms with van der Waals surface area (Å²) in [6.45, 7) is 32.0. The van der Waals surface area contributed by atoms with E-state index in [0.29, 0.717) is 46.9 Å². The highest BCUT2D eigenvalue weighted by molar-refractivity contribution is 5.90. The van der Waals surface area contributed by atoms with E-state index in [9.17, 15) is 0 Å². The van der Waals surface area contributed by atoms with Crippen LogP contribution in [0.3, 0.4) is 0 Å². The molecule has 0 bridgehead atoms. The molecule has 19 aromatic rings. The van der Waals surface area contributed by atoms with Gasteiger partial charge < -0.3 is 32.9 Å². The number of fused-ring (bicyclic) bond motifs is 11. The number of pyridine rings is 1. The molecule has 0 aliphatic heterocycles. The first-order valence-corrected chi connectivity index (χ1v) is 45.4. The zero-order chi connectivity index (χ0) is 93.3. The Morgan fingerprint density at radius 1 is 0.287 bits per heavy atom. The maximum absolute atomic E-state index is 5.95. The van der Waals surface area contributed by atoms with Gasteiger partial charge in [0.2, 0.25) is 0 Å². The Labute approximate surface area is 759 Å². The Kier molecular flexibility index (Phi) is 40.1. The molecule has 27 nitrogen and oxygen atoms in total. The molecule has 0 saturated carbocycles. The maximum atomic E-state index is 5.95. The molecule has 6 aromatic carbocycles. The zero-order valence-electron chi connectivity index (χ0n) is 78.8. The fourth-order valence-corrected chi connectivity index (χ4v) is 15.9. The number of aryl methyl sites for hydroxylation is 8. The van der Waals surface area contributed by atoms with Crippen LogP contribution in [-0.2, 0) is 53.9 Å². The average molecular weight is 1740 g/mol. The molecule has 0 amide bonds. The van der Waals surface area contributed by atoms with Gasteiger partial charge in [-0.2, -0.15) is 25.5 Å². The molecule has 4 atom stereocenters. The largest absolute Gasteiger partial charge is 0.382 e. The molecule has 674 valence electrons. The van der Waals surface area contributed by atoms with Crippen LogP contribution in [0.5, 0.6) is 0 Å². The van der Waals surface area contributed by atoms with Gasteiger partial charge in [0.25, 0.3) is 0 Å². The Hall–Kier alpha value is -14.5. The van der Waals surface area contributed by atoms with Crippen LogP contribution in [0.25, 0.3) is 77.0 Å². The van der Waals surface area contributed by atoms with E-state index in [1.807, 2.05) is 212 Å². The standard InChI is InChI=1S/4C15H15N5.C8H7N.2C7H6N2.C4H4N2.8C2H6/c4*1-20-14-13(17-8-18-15(14)16)12(19-20)11-7-6-9-4-2-3-5-10(9)11;1-2-4-8-7(3-1)5-6-9-8;1-2-6-3-5-9-7(6)8-4-1;1-2-4-7-6(3-1)5-8-9-7;1-2-5-4-6-3-1;8*1-2/h4*2-5,8,11H,6-7H2,1H3,(H2,16,17,18);1-6,9H;2*1-5H,(H,8,9);1-4H;8*1-2H3. The van der Waals surface area contributed by atoms with Gasteiger partial charge in [0.15, 0.2) is 23.3 Å². The lowest BCUT2D eigenvalue weighted by molar-refractivity contribution is 0.708. The molecule has 27 heteroatoms. The van der Waals surface area contributed by atoms with Crippen molar-refractivity contribution in [2.75, 3.05) is 22.9 Å². The van der Waals surface area contributed by atoms with Gasteiger partial charge in [0, 0.05) is 99.1 Å². The fraction of sp³-hybridized carbons (Fsp3) is 0.314. The normalized spacial score (nSPS) is 13.8. The van der Waals surface area contributed by atoms with E-state index in [2.05, 4.69) is 211 Å². The molecule has 23 rings (SSSR count). The van der Waals surface area contributed by atoms with Crippen LogP contribution in [-0.4, -0.2) is 114 Å². The van der Waals surface area contributed by atoms with Crippen molar-refractivity contribution in [3.63, 3.8) is 0 Å². The van der Waals surface area contributed by atoms with E-state index in [1.165, 1.54) is 87.0 Å². The molecule has 4 aliphatic rings. The van der Waals surface area contributed by atoms with Gasteiger partial charge in [0.05, 0.1) is 34.5 Å². The topological polar surface area (TPSA) is 377 Å². The number of hydrogen-bond acceptors (Lipinski definition) is 20. The van der Waals surface area contributed by atoms with Crippen molar-refractivity contribution in [1.82, 2.24) is 114 Å². The Balaban J connectivity index is 0.000000182. The van der Waals surface area contributed by atoms with Gasteiger partial charge in [-0.05, 0) is 144 Å². The third kappa shape index (κ3) is 24.0. The van der Waals surface area contributed by atoms with Crippen LogP contribution < -0.4 is 22.9 Å². The van der Waals surface area contributed by atoms with Crippen molar-refractivity contribution in [3.8, 4) is 0 Å². The molecule has 13 heterocycles. The predicted octanol–water partition coefficient (Wildman–Crippen LogP) is 22.1. The maximum Gasteiger partial charge on any atom is 0.153 e. The second-order valence-corrected chi connectivity index (χ2v) is 27.9. The van der Waals surface area contributed by atoms with Crippen molar-refractivity contribution in [2.24, 2.45) is 28.2 Å². The number of H-pyrrole nitrogens is 3. The van der Waals surface area contributed by atoms with E-state index < -0.39 is 0 Å². The summed E-state index contributed by atoms with van der Waals surface area (Å²) in [6, 6.07) is 60.3. The molecule has 13 aromatic heterocycles. The average Bonchev–Trinajstić information content (AvgIpc) is 1.63. The number of nitrogens with two attached hydrogens (primary N) is 4. The number of para-hydroxylation sites is 2. The second kappa shape index (κ2) is 51.8. The summed E-state index contributed by atoms with van der Waals surface area (Å²) < 4.78 is 7.17. The van der Waals surface area contributed by atoms with Gasteiger partial charge in [0.1, 0.15) is 81.4 Å². The van der Waals surface area contributed by atoms with E-state index in [-0.39, 0.29) is 0 Å². The van der Waals surface area contributed by atoms with Crippen molar-refractivity contribution >= 4 is 100 Å². The number of nitrogens with zero attached hydrogens (tertiary/aromatic N) is 20. The second-order valence-electron chi connectivity index (χ2n) is 27.9. The van der Waals surface area contributed by atoms with Crippen LogP contribution in [0.4, 0.5) is 23.3 Å². The van der Waals surface area contributed by atoms with Crippen LogP contribution in [0.15, 0.2) is 245 Å². The van der Waals surface area contributed by atoms with E-state index in [0.717, 1.165) is 140 Å². The van der Waals surface area contributed by atoms with Crippen LogP contribution >= 0.6 is 0 Å². The van der Waals surface area contributed by atoms with Crippen molar-refractivity contribution in [3.05, 3.63) is 312 Å². The molecule has 11 N–H and O–H groups in total. The third-order valence-corrected chi connectivity index (χ3v) is 21.2. The Bertz CT molecular complexity index is 5670. The molecule has 129 heavy (non-hydrogen) atoms. The van der Waals surface area contributed by atoms with Crippen molar-refractivity contribution in [1.29, 1.82) is 0 Å². The third-order valence-electron chi connectivity index (χ3n) is 21.2. The lowest BCUT2D eigenvalue weighted by Gasteiger charge is -2.08. The number of anilines is 4. The quantitative estimate of drug-likeness (QED) is 0.0860. The minimum Gasteiger partial charge on any atom is -0.382 e. The monoisotopic (exact) mass is 1730 g/mol.